The molecule has 0 radical (unpaired) electrons. The second kappa shape index (κ2) is 9.73. The molecule has 0 aliphatic rings. The highest BCUT2D eigenvalue weighted by Crippen LogP contribution is 2.38. The SMILES string of the molecule is COc1cccc(OC)c1-n1c(NS(=O)(=O)CCc2ncc(C)cn2)nnc1-c1nc(C)cs1. The molecule has 11 nitrogen and oxygen atoms in total. The molecule has 0 fully saturated rings. The Morgan fingerprint density at radius 1 is 1.06 bits per heavy atom. The van der Waals surface area contributed by atoms with Crippen LogP contribution in [0.4, 0.5) is 5.95 Å². The predicted octanol–water partition coefficient (Wildman–Crippen LogP) is 2.80. The van der Waals surface area contributed by atoms with Gasteiger partial charge in [-0.2, -0.15) is 0 Å². The van der Waals surface area contributed by atoms with E-state index >= 15 is 0 Å². The maximum absolute atomic E-state index is 13.0. The number of methoxy groups -OCH3 is 2. The fraction of sp³-hybridized carbons (Fsp3) is 0.286. The zero-order chi connectivity index (χ0) is 24.3. The predicted molar refractivity (Wildman–Crippen MR) is 128 cm³/mol. The number of nitrogens with zero attached hydrogens (tertiary/aromatic N) is 6. The molecule has 0 saturated heterocycles. The van der Waals surface area contributed by atoms with Crippen molar-refractivity contribution in [1.82, 2.24) is 29.7 Å². The van der Waals surface area contributed by atoms with Crippen LogP contribution in [0, 0.1) is 13.8 Å². The second-order valence-electron chi connectivity index (χ2n) is 7.34. The number of aromatic nitrogens is 6. The highest BCUT2D eigenvalue weighted by Gasteiger charge is 2.26. The molecule has 4 rings (SSSR count). The van der Waals surface area contributed by atoms with Gasteiger partial charge in [-0.15, -0.1) is 21.5 Å². The van der Waals surface area contributed by atoms with Crippen molar-refractivity contribution in [3.8, 4) is 28.0 Å². The average molecular weight is 502 g/mol. The lowest BCUT2D eigenvalue weighted by atomic mass is 10.2. The molecule has 3 aromatic heterocycles. The normalized spacial score (nSPS) is 11.4. The third kappa shape index (κ3) is 4.99. The summed E-state index contributed by atoms with van der Waals surface area (Å²) in [5.41, 5.74) is 2.15. The second-order valence-corrected chi connectivity index (χ2v) is 10.0. The molecular formula is C21H23N7O4S2. The number of aryl methyl sites for hydroxylation is 3. The van der Waals surface area contributed by atoms with Gasteiger partial charge in [-0.3, -0.25) is 9.29 Å². The van der Waals surface area contributed by atoms with E-state index in [1.54, 1.807) is 30.6 Å². The van der Waals surface area contributed by atoms with Gasteiger partial charge < -0.3 is 9.47 Å². The first-order chi connectivity index (χ1) is 16.3. The monoisotopic (exact) mass is 501 g/mol. The Balaban J connectivity index is 1.75. The van der Waals surface area contributed by atoms with Crippen LogP contribution >= 0.6 is 11.3 Å². The van der Waals surface area contributed by atoms with E-state index < -0.39 is 10.0 Å². The van der Waals surface area contributed by atoms with Gasteiger partial charge in [0.2, 0.25) is 16.0 Å². The summed E-state index contributed by atoms with van der Waals surface area (Å²) in [5, 5.41) is 10.8. The topological polar surface area (TPSA) is 134 Å². The lowest BCUT2D eigenvalue weighted by Gasteiger charge is -2.17. The van der Waals surface area contributed by atoms with Crippen molar-refractivity contribution in [1.29, 1.82) is 0 Å². The first-order valence-corrected chi connectivity index (χ1v) is 12.7. The minimum absolute atomic E-state index is 0.0181. The number of hydrogen-bond acceptors (Lipinski definition) is 10. The zero-order valence-corrected chi connectivity index (χ0v) is 20.6. The summed E-state index contributed by atoms with van der Waals surface area (Å²) < 4.78 is 41.1. The fourth-order valence-electron chi connectivity index (χ4n) is 3.17. The first-order valence-electron chi connectivity index (χ1n) is 10.2. The third-order valence-corrected chi connectivity index (χ3v) is 6.97. The lowest BCUT2D eigenvalue weighted by molar-refractivity contribution is 0.391. The van der Waals surface area contributed by atoms with Crippen molar-refractivity contribution in [2.45, 2.75) is 20.3 Å². The van der Waals surface area contributed by atoms with Crippen LogP contribution in [0.5, 0.6) is 11.5 Å². The molecule has 0 saturated carbocycles. The molecule has 1 N–H and O–H groups in total. The Bertz CT molecular complexity index is 1380. The maximum atomic E-state index is 13.0. The summed E-state index contributed by atoms with van der Waals surface area (Å²) in [6, 6.07) is 5.24. The van der Waals surface area contributed by atoms with Crippen molar-refractivity contribution < 1.29 is 17.9 Å². The number of thiazole rings is 1. The van der Waals surface area contributed by atoms with E-state index in [0.29, 0.717) is 33.8 Å². The molecule has 34 heavy (non-hydrogen) atoms. The van der Waals surface area contributed by atoms with E-state index in [-0.39, 0.29) is 18.1 Å². The van der Waals surface area contributed by atoms with Crippen molar-refractivity contribution in [3.05, 3.63) is 53.1 Å². The minimum Gasteiger partial charge on any atom is -0.494 e. The van der Waals surface area contributed by atoms with E-state index in [4.69, 9.17) is 9.47 Å². The molecule has 0 atom stereocenters. The molecule has 13 heteroatoms. The van der Waals surface area contributed by atoms with Crippen molar-refractivity contribution in [3.63, 3.8) is 0 Å². The fourth-order valence-corrected chi connectivity index (χ4v) is 4.91. The number of benzene rings is 1. The molecule has 0 amide bonds. The smallest absolute Gasteiger partial charge is 0.243 e. The average Bonchev–Trinajstić information content (AvgIpc) is 3.43. The molecule has 1 aromatic carbocycles. The highest BCUT2D eigenvalue weighted by molar-refractivity contribution is 7.92. The molecular weight excluding hydrogens is 478 g/mol. The maximum Gasteiger partial charge on any atom is 0.243 e. The van der Waals surface area contributed by atoms with Crippen LogP contribution in [-0.4, -0.2) is 58.1 Å². The van der Waals surface area contributed by atoms with Gasteiger partial charge in [0.25, 0.3) is 0 Å². The summed E-state index contributed by atoms with van der Waals surface area (Å²) in [5.74, 6) is 1.42. The number of para-hydroxylation sites is 1. The molecule has 0 unspecified atom stereocenters. The van der Waals surface area contributed by atoms with Gasteiger partial charge in [0.15, 0.2) is 10.8 Å². The van der Waals surface area contributed by atoms with Gasteiger partial charge >= 0.3 is 0 Å². The quantitative estimate of drug-likeness (QED) is 0.367. The van der Waals surface area contributed by atoms with E-state index in [0.717, 1.165) is 11.3 Å². The van der Waals surface area contributed by atoms with Crippen LogP contribution in [0.25, 0.3) is 16.5 Å². The van der Waals surface area contributed by atoms with Crippen molar-refractivity contribution in [2.24, 2.45) is 0 Å². The van der Waals surface area contributed by atoms with Gasteiger partial charge in [-0.25, -0.2) is 23.4 Å². The Hall–Kier alpha value is -3.58. The molecule has 0 bridgehead atoms. The largest absolute Gasteiger partial charge is 0.494 e. The summed E-state index contributed by atoms with van der Waals surface area (Å²) in [6.07, 6.45) is 3.44. The number of ether oxygens (including phenoxy) is 2. The number of anilines is 1. The van der Waals surface area contributed by atoms with E-state index in [2.05, 4.69) is 29.9 Å². The van der Waals surface area contributed by atoms with Gasteiger partial charge in [0, 0.05) is 29.9 Å². The number of rotatable bonds is 9. The Labute approximate surface area is 200 Å². The standard InChI is InChI=1S/C21H23N7O4S2/c1-13-10-22-17(23-11-13)8-9-34(29,30)27-21-26-25-19(20-24-14(2)12-33-20)28(21)18-15(31-3)6-5-7-16(18)32-4/h5-7,10-12H,8-9H2,1-4H3,(H,26,27). The molecule has 178 valence electrons. The van der Waals surface area contributed by atoms with E-state index in [1.807, 2.05) is 19.2 Å². The number of nitrogens with one attached hydrogen (secondary N) is 1. The Morgan fingerprint density at radius 2 is 1.74 bits per heavy atom. The number of hydrogen-bond donors (Lipinski definition) is 1. The molecule has 3 heterocycles. The Kier molecular flexibility index (Phi) is 6.75. The summed E-state index contributed by atoms with van der Waals surface area (Å²) in [4.78, 5) is 12.8. The van der Waals surface area contributed by atoms with Crippen LogP contribution in [-0.2, 0) is 16.4 Å². The van der Waals surface area contributed by atoms with E-state index in [9.17, 15) is 8.42 Å². The minimum atomic E-state index is -3.83. The van der Waals surface area contributed by atoms with Crippen LogP contribution in [0.1, 0.15) is 17.1 Å². The third-order valence-electron chi connectivity index (χ3n) is 4.77. The zero-order valence-electron chi connectivity index (χ0n) is 19.0. The lowest BCUT2D eigenvalue weighted by Crippen LogP contribution is -2.21. The van der Waals surface area contributed by atoms with Crippen LogP contribution in [0.15, 0.2) is 36.0 Å². The van der Waals surface area contributed by atoms with E-state index in [1.165, 1.54) is 30.1 Å². The first kappa shape index (κ1) is 23.6. The van der Waals surface area contributed by atoms with Crippen molar-refractivity contribution >= 4 is 27.3 Å². The van der Waals surface area contributed by atoms with Crippen LogP contribution in [0.2, 0.25) is 0 Å². The molecule has 4 aromatic rings. The van der Waals surface area contributed by atoms with Crippen LogP contribution < -0.4 is 14.2 Å². The van der Waals surface area contributed by atoms with Gasteiger partial charge in [0.05, 0.1) is 20.0 Å². The molecule has 0 spiro atoms. The van der Waals surface area contributed by atoms with Gasteiger partial charge in [-0.1, -0.05) is 6.07 Å². The van der Waals surface area contributed by atoms with Gasteiger partial charge in [-0.05, 0) is 31.5 Å². The summed E-state index contributed by atoms with van der Waals surface area (Å²) in [6.45, 7) is 3.73. The van der Waals surface area contributed by atoms with Crippen molar-refractivity contribution in [2.75, 3.05) is 24.7 Å². The highest BCUT2D eigenvalue weighted by atomic mass is 32.2. The number of sulfonamides is 1. The van der Waals surface area contributed by atoms with Gasteiger partial charge in [0.1, 0.15) is 23.0 Å². The summed E-state index contributed by atoms with van der Waals surface area (Å²) >= 11 is 1.37. The van der Waals surface area contributed by atoms with Crippen LogP contribution in [0.3, 0.4) is 0 Å². The molecule has 0 aliphatic carbocycles. The summed E-state index contributed by atoms with van der Waals surface area (Å²) in [7, 11) is -0.798. The molecule has 0 aliphatic heterocycles. The Morgan fingerprint density at radius 3 is 2.32 bits per heavy atom.